The summed E-state index contributed by atoms with van der Waals surface area (Å²) < 4.78 is 19.0. The summed E-state index contributed by atoms with van der Waals surface area (Å²) in [5.74, 6) is -0.00307. The fourth-order valence-corrected chi connectivity index (χ4v) is 4.41. The van der Waals surface area contributed by atoms with Gasteiger partial charge in [0.05, 0.1) is 24.2 Å². The number of halogens is 1. The maximum Gasteiger partial charge on any atom is 0.243 e. The lowest BCUT2D eigenvalue weighted by molar-refractivity contribution is -0.117. The molecule has 32 heavy (non-hydrogen) atoms. The van der Waals surface area contributed by atoms with Crippen LogP contribution in [0.1, 0.15) is 31.1 Å². The molecule has 6 nitrogen and oxygen atoms in total. The van der Waals surface area contributed by atoms with Gasteiger partial charge in [0.2, 0.25) is 5.91 Å². The van der Waals surface area contributed by atoms with Crippen molar-refractivity contribution < 1.29 is 18.4 Å². The van der Waals surface area contributed by atoms with E-state index < -0.39 is 6.04 Å². The Morgan fingerprint density at radius 2 is 1.91 bits per heavy atom. The quantitative estimate of drug-likeness (QED) is 0.606. The lowest BCUT2D eigenvalue weighted by Gasteiger charge is -2.33. The van der Waals surface area contributed by atoms with E-state index in [1.54, 1.807) is 12.3 Å². The Balaban J connectivity index is 1.57. The average Bonchev–Trinajstić information content (AvgIpc) is 3.27. The summed E-state index contributed by atoms with van der Waals surface area (Å²) in [6, 6.07) is 16.4. The molecule has 162 valence electrons. The molecule has 1 aliphatic carbocycles. The fourth-order valence-electron chi connectivity index (χ4n) is 4.41. The van der Waals surface area contributed by atoms with Crippen LogP contribution in [0.3, 0.4) is 0 Å². The second-order valence-corrected chi connectivity index (χ2v) is 7.91. The summed E-state index contributed by atoms with van der Waals surface area (Å²) in [4.78, 5) is 28.0. The molecule has 5 rings (SSSR count). The van der Waals surface area contributed by atoms with Gasteiger partial charge >= 0.3 is 0 Å². The standard InChI is InChI=1S/C25H22FN3O3/c26-16-10-12-17(13-11-16)27-23(31)15-29-20-7-2-1-5-18(20)28-19-6-3-8-21(30)24(19)25(29)22-9-4-14-32-22/h1-2,4-5,7,9-14,25,28H,3,6,8,15H2,(H,27,31). The number of carbonyl (C=O) groups excluding carboxylic acids is 2. The van der Waals surface area contributed by atoms with Crippen molar-refractivity contribution >= 4 is 28.8 Å². The second-order valence-electron chi connectivity index (χ2n) is 7.91. The van der Waals surface area contributed by atoms with Gasteiger partial charge in [0, 0.05) is 23.4 Å². The van der Waals surface area contributed by atoms with E-state index in [2.05, 4.69) is 10.6 Å². The molecule has 2 aromatic carbocycles. The van der Waals surface area contributed by atoms with Gasteiger partial charge in [-0.25, -0.2) is 4.39 Å². The van der Waals surface area contributed by atoms with Gasteiger partial charge in [-0.2, -0.15) is 0 Å². The Labute approximate surface area is 184 Å². The van der Waals surface area contributed by atoms with E-state index >= 15 is 0 Å². The molecule has 0 saturated heterocycles. The molecule has 1 amide bonds. The van der Waals surface area contributed by atoms with Crippen molar-refractivity contribution in [2.24, 2.45) is 0 Å². The molecule has 0 radical (unpaired) electrons. The zero-order valence-corrected chi connectivity index (χ0v) is 17.3. The van der Waals surface area contributed by atoms with Crippen molar-refractivity contribution in [3.8, 4) is 0 Å². The molecule has 7 heteroatoms. The summed E-state index contributed by atoms with van der Waals surface area (Å²) in [5, 5.41) is 6.26. The topological polar surface area (TPSA) is 74.6 Å². The van der Waals surface area contributed by atoms with Crippen LogP contribution in [0.2, 0.25) is 0 Å². The minimum absolute atomic E-state index is 0.0223. The van der Waals surface area contributed by atoms with Crippen LogP contribution >= 0.6 is 0 Å². The molecule has 0 spiro atoms. The van der Waals surface area contributed by atoms with E-state index in [0.717, 1.165) is 29.9 Å². The Morgan fingerprint density at radius 3 is 2.69 bits per heavy atom. The Kier molecular flexibility index (Phi) is 5.23. The highest BCUT2D eigenvalue weighted by Gasteiger charge is 2.38. The number of amides is 1. The first-order valence-corrected chi connectivity index (χ1v) is 10.6. The SMILES string of the molecule is O=C(CN1c2ccccc2NC2=C(C(=O)CCC2)C1c1ccco1)Nc1ccc(F)cc1. The van der Waals surface area contributed by atoms with Gasteiger partial charge in [0.15, 0.2) is 5.78 Å². The summed E-state index contributed by atoms with van der Waals surface area (Å²) >= 11 is 0. The van der Waals surface area contributed by atoms with E-state index in [4.69, 9.17) is 4.42 Å². The first kappa shape index (κ1) is 20.1. The first-order valence-electron chi connectivity index (χ1n) is 10.6. The van der Waals surface area contributed by atoms with Crippen molar-refractivity contribution in [3.63, 3.8) is 0 Å². The Hall–Kier alpha value is -3.87. The number of rotatable bonds is 4. The highest BCUT2D eigenvalue weighted by molar-refractivity contribution is 6.02. The smallest absolute Gasteiger partial charge is 0.243 e. The lowest BCUT2D eigenvalue weighted by Crippen LogP contribution is -2.38. The number of carbonyl (C=O) groups is 2. The highest BCUT2D eigenvalue weighted by atomic mass is 19.1. The molecule has 1 aromatic heterocycles. The molecule has 1 atom stereocenters. The number of para-hydroxylation sites is 2. The fraction of sp³-hybridized carbons (Fsp3) is 0.200. The van der Waals surface area contributed by atoms with Crippen LogP contribution in [-0.2, 0) is 9.59 Å². The molecule has 3 aromatic rings. The molecule has 2 aliphatic rings. The average molecular weight is 431 g/mol. The van der Waals surface area contributed by atoms with Crippen LogP contribution in [-0.4, -0.2) is 18.2 Å². The number of ketones is 1. The zero-order chi connectivity index (χ0) is 22.1. The van der Waals surface area contributed by atoms with Gasteiger partial charge < -0.3 is 20.0 Å². The first-order chi connectivity index (χ1) is 15.6. The third-order valence-corrected chi connectivity index (χ3v) is 5.79. The lowest BCUT2D eigenvalue weighted by atomic mass is 9.88. The monoisotopic (exact) mass is 431 g/mol. The molecule has 0 saturated carbocycles. The van der Waals surface area contributed by atoms with Crippen molar-refractivity contribution in [3.05, 3.63) is 89.8 Å². The Bertz CT molecular complexity index is 1190. The van der Waals surface area contributed by atoms with Gasteiger partial charge in [-0.1, -0.05) is 12.1 Å². The van der Waals surface area contributed by atoms with Gasteiger partial charge in [0.25, 0.3) is 0 Å². The van der Waals surface area contributed by atoms with Crippen molar-refractivity contribution in [1.82, 2.24) is 0 Å². The van der Waals surface area contributed by atoms with E-state index in [-0.39, 0.29) is 24.1 Å². The highest BCUT2D eigenvalue weighted by Crippen LogP contribution is 2.44. The van der Waals surface area contributed by atoms with Crippen molar-refractivity contribution in [1.29, 1.82) is 0 Å². The molecule has 0 bridgehead atoms. The van der Waals surface area contributed by atoms with Gasteiger partial charge in [-0.15, -0.1) is 0 Å². The molecule has 1 unspecified atom stereocenters. The molecule has 1 aliphatic heterocycles. The molecular formula is C25H22FN3O3. The summed E-state index contributed by atoms with van der Waals surface area (Å²) in [5.41, 5.74) is 3.64. The largest absolute Gasteiger partial charge is 0.467 e. The van der Waals surface area contributed by atoms with Crippen molar-refractivity contribution in [2.75, 3.05) is 22.1 Å². The maximum atomic E-state index is 13.2. The van der Waals surface area contributed by atoms with E-state index in [0.29, 0.717) is 23.4 Å². The third-order valence-electron chi connectivity index (χ3n) is 5.79. The van der Waals surface area contributed by atoms with E-state index in [1.807, 2.05) is 35.2 Å². The van der Waals surface area contributed by atoms with Gasteiger partial charge in [-0.3, -0.25) is 9.59 Å². The zero-order valence-electron chi connectivity index (χ0n) is 17.3. The van der Waals surface area contributed by atoms with Crippen LogP contribution in [0.15, 0.2) is 82.6 Å². The third kappa shape index (κ3) is 3.77. The second kappa shape index (κ2) is 8.34. The minimum atomic E-state index is -0.539. The van der Waals surface area contributed by atoms with E-state index in [9.17, 15) is 14.0 Å². The number of benzene rings is 2. The number of fused-ring (bicyclic) bond motifs is 1. The normalized spacial score (nSPS) is 17.8. The molecule has 0 fully saturated rings. The van der Waals surface area contributed by atoms with Gasteiger partial charge in [0.1, 0.15) is 17.6 Å². The summed E-state index contributed by atoms with van der Waals surface area (Å²) in [6.07, 6.45) is 3.57. The summed E-state index contributed by atoms with van der Waals surface area (Å²) in [6.45, 7) is -0.0223. The number of anilines is 3. The van der Waals surface area contributed by atoms with Gasteiger partial charge in [-0.05, 0) is 61.4 Å². The number of nitrogens with zero attached hydrogens (tertiary/aromatic N) is 1. The van der Waals surface area contributed by atoms with Crippen LogP contribution in [0.5, 0.6) is 0 Å². The number of Topliss-reactive ketones (excluding diaryl/α,β-unsaturated/α-hetero) is 1. The maximum absolute atomic E-state index is 13.2. The molecule has 2 heterocycles. The number of allylic oxidation sites excluding steroid dienone is 1. The van der Waals surface area contributed by atoms with Crippen LogP contribution in [0.4, 0.5) is 21.5 Å². The summed E-state index contributed by atoms with van der Waals surface area (Å²) in [7, 11) is 0. The molecule has 2 N–H and O–H groups in total. The number of hydrogen-bond donors (Lipinski definition) is 2. The number of hydrogen-bond acceptors (Lipinski definition) is 5. The van der Waals surface area contributed by atoms with E-state index in [1.165, 1.54) is 24.3 Å². The number of nitrogens with one attached hydrogen (secondary N) is 2. The van der Waals surface area contributed by atoms with Crippen LogP contribution < -0.4 is 15.5 Å². The van der Waals surface area contributed by atoms with Crippen molar-refractivity contribution in [2.45, 2.75) is 25.3 Å². The Morgan fingerprint density at radius 1 is 1.09 bits per heavy atom. The van der Waals surface area contributed by atoms with Crippen LogP contribution in [0, 0.1) is 5.82 Å². The predicted molar refractivity (Wildman–Crippen MR) is 120 cm³/mol. The van der Waals surface area contributed by atoms with Crippen LogP contribution in [0.25, 0.3) is 0 Å². The molecular weight excluding hydrogens is 409 g/mol. The number of furan rings is 1. The minimum Gasteiger partial charge on any atom is -0.467 e. The predicted octanol–water partition coefficient (Wildman–Crippen LogP) is 5.04.